The van der Waals surface area contributed by atoms with Gasteiger partial charge in [-0.05, 0) is 68.3 Å². The van der Waals surface area contributed by atoms with E-state index in [2.05, 4.69) is 44.6 Å². The van der Waals surface area contributed by atoms with Crippen LogP contribution in [0.2, 0.25) is 0 Å². The summed E-state index contributed by atoms with van der Waals surface area (Å²) in [5.74, 6) is 0.664. The van der Waals surface area contributed by atoms with E-state index in [9.17, 15) is 4.79 Å². The quantitative estimate of drug-likeness (QED) is 0.432. The highest BCUT2D eigenvalue weighted by Crippen LogP contribution is 2.23. The van der Waals surface area contributed by atoms with Gasteiger partial charge in [0.1, 0.15) is 5.75 Å². The van der Waals surface area contributed by atoms with Crippen LogP contribution >= 0.6 is 0 Å². The van der Waals surface area contributed by atoms with Crippen molar-refractivity contribution in [1.29, 1.82) is 0 Å². The summed E-state index contributed by atoms with van der Waals surface area (Å²) in [6.07, 6.45) is 6.83. The molecule has 1 aliphatic rings. The van der Waals surface area contributed by atoms with Gasteiger partial charge in [-0.2, -0.15) is 0 Å². The van der Waals surface area contributed by atoms with Crippen LogP contribution in [0.5, 0.6) is 5.75 Å². The van der Waals surface area contributed by atoms with Gasteiger partial charge in [-0.15, -0.1) is 0 Å². The summed E-state index contributed by atoms with van der Waals surface area (Å²) in [6, 6.07) is 15.7. The zero-order chi connectivity index (χ0) is 23.8. The molecule has 1 unspecified atom stereocenters. The molecule has 0 bridgehead atoms. The van der Waals surface area contributed by atoms with E-state index in [1.54, 1.807) is 18.3 Å². The minimum atomic E-state index is -0.127. The van der Waals surface area contributed by atoms with Crippen molar-refractivity contribution in [3.63, 3.8) is 0 Å². The average Bonchev–Trinajstić information content (AvgIpc) is 3.34. The molecule has 7 heteroatoms. The first-order valence-electron chi connectivity index (χ1n) is 12.0. The maximum Gasteiger partial charge on any atom is 0.255 e. The Kier molecular flexibility index (Phi) is 8.09. The van der Waals surface area contributed by atoms with E-state index < -0.39 is 0 Å². The molecule has 2 heterocycles. The Labute approximate surface area is 201 Å². The maximum absolute atomic E-state index is 12.6. The SMILES string of the molecule is CCCCOc1ccc(C(=O)Nc2ccc(N3CCC(NCc4cnc(C)cn4)C3)cc2)cc1. The summed E-state index contributed by atoms with van der Waals surface area (Å²) >= 11 is 0. The number of hydrogen-bond acceptors (Lipinski definition) is 6. The number of benzene rings is 2. The predicted molar refractivity (Wildman–Crippen MR) is 135 cm³/mol. The van der Waals surface area contributed by atoms with Crippen LogP contribution in [0.25, 0.3) is 0 Å². The fraction of sp³-hybridized carbons (Fsp3) is 0.370. The molecule has 1 saturated heterocycles. The van der Waals surface area contributed by atoms with E-state index in [1.165, 1.54) is 0 Å². The van der Waals surface area contributed by atoms with Crippen molar-refractivity contribution in [3.8, 4) is 5.75 Å². The number of nitrogens with zero attached hydrogens (tertiary/aromatic N) is 3. The van der Waals surface area contributed by atoms with Crippen molar-refractivity contribution in [2.24, 2.45) is 0 Å². The van der Waals surface area contributed by atoms with Gasteiger partial charge >= 0.3 is 0 Å². The molecule has 2 aromatic carbocycles. The zero-order valence-electron chi connectivity index (χ0n) is 20.0. The average molecular weight is 460 g/mol. The molecule has 1 fully saturated rings. The van der Waals surface area contributed by atoms with Crippen LogP contribution in [0, 0.1) is 6.92 Å². The van der Waals surface area contributed by atoms with Gasteiger partial charge in [0.15, 0.2) is 0 Å². The van der Waals surface area contributed by atoms with Crippen molar-refractivity contribution in [2.45, 2.75) is 45.7 Å². The Morgan fingerprint density at radius 3 is 2.59 bits per heavy atom. The third-order valence-corrected chi connectivity index (χ3v) is 5.97. The number of ether oxygens (including phenoxy) is 1. The minimum Gasteiger partial charge on any atom is -0.494 e. The lowest BCUT2D eigenvalue weighted by molar-refractivity contribution is 0.102. The minimum absolute atomic E-state index is 0.127. The molecule has 4 rings (SSSR count). The number of amides is 1. The monoisotopic (exact) mass is 459 g/mol. The number of rotatable bonds is 10. The standard InChI is InChI=1S/C27H33N5O2/c1-3-4-15-34-26-11-5-21(6-12-26)27(33)31-22-7-9-25(10-8-22)32-14-13-23(19-32)30-18-24-17-28-20(2)16-29-24/h5-12,16-17,23,30H,3-4,13-15,18-19H2,1-2H3,(H,31,33). The lowest BCUT2D eigenvalue weighted by atomic mass is 10.2. The molecule has 1 atom stereocenters. The second-order valence-electron chi connectivity index (χ2n) is 8.69. The van der Waals surface area contributed by atoms with Gasteiger partial charge in [0.25, 0.3) is 5.91 Å². The van der Waals surface area contributed by atoms with E-state index in [1.807, 2.05) is 37.4 Å². The fourth-order valence-electron chi connectivity index (χ4n) is 3.92. The van der Waals surface area contributed by atoms with Gasteiger partial charge in [0.05, 0.1) is 18.0 Å². The van der Waals surface area contributed by atoms with Crippen LogP contribution in [0.4, 0.5) is 11.4 Å². The van der Waals surface area contributed by atoms with E-state index in [-0.39, 0.29) is 5.91 Å². The van der Waals surface area contributed by atoms with Crippen LogP contribution in [0.15, 0.2) is 60.9 Å². The van der Waals surface area contributed by atoms with Crippen LogP contribution < -0.4 is 20.3 Å². The van der Waals surface area contributed by atoms with E-state index >= 15 is 0 Å². The summed E-state index contributed by atoms with van der Waals surface area (Å²) in [5, 5.41) is 6.56. The maximum atomic E-state index is 12.6. The lowest BCUT2D eigenvalue weighted by Gasteiger charge is -2.19. The third kappa shape index (κ3) is 6.54. The van der Waals surface area contributed by atoms with Crippen LogP contribution in [0.3, 0.4) is 0 Å². The second kappa shape index (κ2) is 11.6. The topological polar surface area (TPSA) is 79.4 Å². The molecule has 0 spiro atoms. The number of aromatic nitrogens is 2. The molecule has 1 amide bonds. The fourth-order valence-corrected chi connectivity index (χ4v) is 3.92. The van der Waals surface area contributed by atoms with Gasteiger partial charge in [-0.1, -0.05) is 13.3 Å². The number of hydrogen-bond donors (Lipinski definition) is 2. The van der Waals surface area contributed by atoms with Crippen molar-refractivity contribution in [1.82, 2.24) is 15.3 Å². The van der Waals surface area contributed by atoms with E-state index in [0.29, 0.717) is 18.2 Å². The molecule has 1 aliphatic heterocycles. The Hall–Kier alpha value is -3.45. The summed E-state index contributed by atoms with van der Waals surface area (Å²) in [4.78, 5) is 23.7. The molecule has 3 aromatic rings. The first-order chi connectivity index (χ1) is 16.6. The second-order valence-corrected chi connectivity index (χ2v) is 8.69. The summed E-state index contributed by atoms with van der Waals surface area (Å²) in [7, 11) is 0. The molecule has 0 radical (unpaired) electrons. The number of carbonyl (C=O) groups is 1. The lowest BCUT2D eigenvalue weighted by Crippen LogP contribution is -2.32. The highest BCUT2D eigenvalue weighted by Gasteiger charge is 2.22. The number of aryl methyl sites for hydroxylation is 1. The molecular weight excluding hydrogens is 426 g/mol. The highest BCUT2D eigenvalue weighted by molar-refractivity contribution is 6.04. The molecule has 2 N–H and O–H groups in total. The molecule has 0 saturated carbocycles. The normalized spacial score (nSPS) is 15.4. The largest absolute Gasteiger partial charge is 0.494 e. The Bertz CT molecular complexity index is 1050. The summed E-state index contributed by atoms with van der Waals surface area (Å²) in [5.41, 5.74) is 4.44. The Balaban J connectivity index is 1.25. The van der Waals surface area contributed by atoms with Gasteiger partial charge < -0.3 is 20.3 Å². The van der Waals surface area contributed by atoms with Gasteiger partial charge in [-0.3, -0.25) is 14.8 Å². The van der Waals surface area contributed by atoms with Crippen molar-refractivity contribution in [2.75, 3.05) is 29.9 Å². The van der Waals surface area contributed by atoms with Gasteiger partial charge in [0, 0.05) is 55.0 Å². The van der Waals surface area contributed by atoms with E-state index in [4.69, 9.17) is 4.74 Å². The molecule has 0 aliphatic carbocycles. The van der Waals surface area contributed by atoms with Crippen LogP contribution in [0.1, 0.15) is 47.9 Å². The van der Waals surface area contributed by atoms with Crippen LogP contribution in [-0.4, -0.2) is 41.6 Å². The number of nitrogens with one attached hydrogen (secondary N) is 2. The van der Waals surface area contributed by atoms with Crippen molar-refractivity contribution < 1.29 is 9.53 Å². The number of anilines is 2. The summed E-state index contributed by atoms with van der Waals surface area (Å²) in [6.45, 7) is 7.43. The van der Waals surface area contributed by atoms with E-state index in [0.717, 1.165) is 67.4 Å². The zero-order valence-corrected chi connectivity index (χ0v) is 20.0. The molecule has 178 valence electrons. The molecule has 34 heavy (non-hydrogen) atoms. The van der Waals surface area contributed by atoms with Crippen molar-refractivity contribution >= 4 is 17.3 Å². The smallest absolute Gasteiger partial charge is 0.255 e. The Morgan fingerprint density at radius 1 is 1.09 bits per heavy atom. The van der Waals surface area contributed by atoms with Crippen LogP contribution in [-0.2, 0) is 6.54 Å². The number of unbranched alkanes of at least 4 members (excludes halogenated alkanes) is 1. The first-order valence-corrected chi connectivity index (χ1v) is 12.0. The number of carbonyl (C=O) groups excluding carboxylic acids is 1. The highest BCUT2D eigenvalue weighted by atomic mass is 16.5. The van der Waals surface area contributed by atoms with Gasteiger partial charge in [-0.25, -0.2) is 0 Å². The first kappa shape index (κ1) is 23.7. The van der Waals surface area contributed by atoms with Gasteiger partial charge in [0.2, 0.25) is 0 Å². The molecular formula is C27H33N5O2. The molecule has 7 nitrogen and oxygen atoms in total. The summed E-state index contributed by atoms with van der Waals surface area (Å²) < 4.78 is 5.66. The molecule has 1 aromatic heterocycles. The van der Waals surface area contributed by atoms with Crippen molar-refractivity contribution in [3.05, 3.63) is 77.9 Å². The Morgan fingerprint density at radius 2 is 1.88 bits per heavy atom. The third-order valence-electron chi connectivity index (χ3n) is 5.97. The predicted octanol–water partition coefficient (Wildman–Crippen LogP) is 4.58.